The molecule has 3 aromatic rings. The van der Waals surface area contributed by atoms with Gasteiger partial charge in [0.1, 0.15) is 10.8 Å². The number of halogens is 1. The number of amides is 1. The highest BCUT2D eigenvalue weighted by molar-refractivity contribution is 7.80. The molecule has 188 valence electrons. The highest BCUT2D eigenvalue weighted by atomic mass is 32.1. The molecule has 8 heteroatoms. The normalized spacial score (nSPS) is 13.3. The fourth-order valence-corrected chi connectivity index (χ4v) is 4.36. The second-order valence-electron chi connectivity index (χ2n) is 8.53. The summed E-state index contributed by atoms with van der Waals surface area (Å²) in [5.74, 6) is 0.545. The number of carbonyl (C=O) groups excluding carboxylic acids is 1. The average Bonchev–Trinajstić information content (AvgIpc) is 2.89. The van der Waals surface area contributed by atoms with Gasteiger partial charge in [-0.3, -0.25) is 4.79 Å². The Morgan fingerprint density at radius 2 is 1.69 bits per heavy atom. The molecule has 0 spiro atoms. The molecule has 6 nitrogen and oxygen atoms in total. The van der Waals surface area contributed by atoms with Crippen LogP contribution in [0.15, 0.2) is 66.7 Å². The van der Waals surface area contributed by atoms with Crippen LogP contribution in [0.25, 0.3) is 0 Å². The SMILES string of the molecule is CCOc1cc(C(=S)N2CCN(c3ccccc3F)CC2)ccc1OCC(=O)Nc1ccc(C)cc1. The lowest BCUT2D eigenvalue weighted by atomic mass is 10.1. The Bertz CT molecular complexity index is 1210. The smallest absolute Gasteiger partial charge is 0.262 e. The van der Waals surface area contributed by atoms with E-state index in [2.05, 4.69) is 10.2 Å². The van der Waals surface area contributed by atoms with E-state index in [0.29, 0.717) is 55.0 Å². The number of nitrogens with zero attached hydrogens (tertiary/aromatic N) is 2. The monoisotopic (exact) mass is 507 g/mol. The molecule has 1 amide bonds. The van der Waals surface area contributed by atoms with Crippen molar-refractivity contribution in [2.45, 2.75) is 13.8 Å². The Morgan fingerprint density at radius 3 is 2.39 bits per heavy atom. The van der Waals surface area contributed by atoms with E-state index in [9.17, 15) is 9.18 Å². The van der Waals surface area contributed by atoms with Gasteiger partial charge in [-0.1, -0.05) is 42.0 Å². The van der Waals surface area contributed by atoms with Crippen molar-refractivity contribution < 1.29 is 18.7 Å². The summed E-state index contributed by atoms with van der Waals surface area (Å²) in [7, 11) is 0. The molecule has 0 saturated carbocycles. The van der Waals surface area contributed by atoms with Crippen molar-refractivity contribution in [3.05, 3.63) is 83.7 Å². The zero-order chi connectivity index (χ0) is 25.5. The molecule has 1 heterocycles. The number of piperazine rings is 1. The number of rotatable bonds is 8. The van der Waals surface area contributed by atoms with Gasteiger partial charge in [0.2, 0.25) is 0 Å². The lowest BCUT2D eigenvalue weighted by molar-refractivity contribution is -0.118. The van der Waals surface area contributed by atoms with Crippen LogP contribution in [-0.2, 0) is 4.79 Å². The fourth-order valence-electron chi connectivity index (χ4n) is 4.05. The lowest BCUT2D eigenvalue weighted by Gasteiger charge is -2.37. The van der Waals surface area contributed by atoms with Crippen molar-refractivity contribution in [1.82, 2.24) is 4.90 Å². The van der Waals surface area contributed by atoms with Gasteiger partial charge in [-0.15, -0.1) is 0 Å². The van der Waals surface area contributed by atoms with Crippen LogP contribution in [0.2, 0.25) is 0 Å². The van der Waals surface area contributed by atoms with Gasteiger partial charge in [-0.05, 0) is 56.3 Å². The largest absolute Gasteiger partial charge is 0.490 e. The minimum Gasteiger partial charge on any atom is -0.490 e. The van der Waals surface area contributed by atoms with Gasteiger partial charge in [-0.25, -0.2) is 4.39 Å². The predicted molar refractivity (Wildman–Crippen MR) is 145 cm³/mol. The maximum atomic E-state index is 14.2. The van der Waals surface area contributed by atoms with E-state index in [1.54, 1.807) is 18.2 Å². The summed E-state index contributed by atoms with van der Waals surface area (Å²) in [6.45, 7) is 6.92. The van der Waals surface area contributed by atoms with Gasteiger partial charge in [0.25, 0.3) is 5.91 Å². The first-order valence-electron chi connectivity index (χ1n) is 12.0. The van der Waals surface area contributed by atoms with Crippen molar-refractivity contribution in [2.24, 2.45) is 0 Å². The molecule has 0 unspecified atom stereocenters. The Labute approximate surface area is 216 Å². The molecule has 0 atom stereocenters. The summed E-state index contributed by atoms with van der Waals surface area (Å²) in [5, 5.41) is 2.82. The van der Waals surface area contributed by atoms with Crippen molar-refractivity contribution in [1.29, 1.82) is 0 Å². The number of nitrogens with one attached hydrogen (secondary N) is 1. The van der Waals surface area contributed by atoms with Crippen LogP contribution in [0.5, 0.6) is 11.5 Å². The number of hydrogen-bond donors (Lipinski definition) is 1. The summed E-state index contributed by atoms with van der Waals surface area (Å²) in [4.78, 5) is 17.2. The van der Waals surface area contributed by atoms with Crippen LogP contribution in [0.4, 0.5) is 15.8 Å². The zero-order valence-corrected chi connectivity index (χ0v) is 21.3. The zero-order valence-electron chi connectivity index (χ0n) is 20.5. The summed E-state index contributed by atoms with van der Waals surface area (Å²) in [5.41, 5.74) is 3.30. The molecular weight excluding hydrogens is 477 g/mol. The molecule has 1 saturated heterocycles. The quantitative estimate of drug-likeness (QED) is 0.431. The van der Waals surface area contributed by atoms with Crippen LogP contribution >= 0.6 is 12.2 Å². The number of benzene rings is 3. The van der Waals surface area contributed by atoms with Crippen molar-refractivity contribution in [3.63, 3.8) is 0 Å². The first-order chi connectivity index (χ1) is 17.4. The Morgan fingerprint density at radius 1 is 0.972 bits per heavy atom. The number of aryl methyl sites for hydroxylation is 1. The Balaban J connectivity index is 1.37. The van der Waals surface area contributed by atoms with E-state index in [-0.39, 0.29) is 18.3 Å². The summed E-state index contributed by atoms with van der Waals surface area (Å²) < 4.78 is 25.7. The predicted octanol–water partition coefficient (Wildman–Crippen LogP) is 5.05. The number of para-hydroxylation sites is 1. The van der Waals surface area contributed by atoms with Gasteiger partial charge in [-0.2, -0.15) is 0 Å². The molecule has 36 heavy (non-hydrogen) atoms. The number of hydrogen-bond acceptors (Lipinski definition) is 5. The third kappa shape index (κ3) is 6.31. The van der Waals surface area contributed by atoms with Crippen LogP contribution in [0.1, 0.15) is 18.1 Å². The second-order valence-corrected chi connectivity index (χ2v) is 8.91. The van der Waals surface area contributed by atoms with Crippen LogP contribution in [0.3, 0.4) is 0 Å². The maximum absolute atomic E-state index is 14.2. The van der Waals surface area contributed by atoms with Gasteiger partial charge in [0.15, 0.2) is 18.1 Å². The third-order valence-electron chi connectivity index (χ3n) is 5.94. The van der Waals surface area contributed by atoms with E-state index in [0.717, 1.165) is 16.8 Å². The standard InChI is InChI=1S/C28H30FN3O3S/c1-3-34-26-18-21(10-13-25(26)35-19-27(33)30-22-11-8-20(2)9-12-22)28(36)32-16-14-31(15-17-32)24-7-5-4-6-23(24)29/h4-13,18H,3,14-17,19H2,1-2H3,(H,30,33). The second kappa shape index (κ2) is 11.9. The van der Waals surface area contributed by atoms with Crippen molar-refractivity contribution in [3.8, 4) is 11.5 Å². The molecule has 0 bridgehead atoms. The van der Waals surface area contributed by atoms with E-state index >= 15 is 0 Å². The van der Waals surface area contributed by atoms with Gasteiger partial charge in [0, 0.05) is 37.4 Å². The van der Waals surface area contributed by atoms with E-state index in [1.165, 1.54) is 6.07 Å². The minimum atomic E-state index is -0.256. The van der Waals surface area contributed by atoms with Gasteiger partial charge >= 0.3 is 0 Å². The number of carbonyl (C=O) groups is 1. The van der Waals surface area contributed by atoms with Crippen LogP contribution in [0, 0.1) is 12.7 Å². The molecule has 3 aromatic carbocycles. The number of thiocarbonyl (C=S) groups is 1. The lowest BCUT2D eigenvalue weighted by Crippen LogP contribution is -2.48. The molecule has 0 aromatic heterocycles. The average molecular weight is 508 g/mol. The molecule has 1 fully saturated rings. The maximum Gasteiger partial charge on any atom is 0.262 e. The van der Waals surface area contributed by atoms with Crippen LogP contribution < -0.4 is 19.7 Å². The summed E-state index contributed by atoms with van der Waals surface area (Å²) in [6, 6.07) is 19.9. The summed E-state index contributed by atoms with van der Waals surface area (Å²) in [6.07, 6.45) is 0. The number of anilines is 2. The van der Waals surface area contributed by atoms with Crippen molar-refractivity contribution in [2.75, 3.05) is 49.6 Å². The molecule has 0 aliphatic carbocycles. The van der Waals surface area contributed by atoms with Crippen molar-refractivity contribution >= 4 is 34.5 Å². The fraction of sp³-hybridized carbons (Fsp3) is 0.286. The molecule has 4 rings (SSSR count). The van der Waals surface area contributed by atoms with E-state index in [4.69, 9.17) is 21.7 Å². The summed E-state index contributed by atoms with van der Waals surface area (Å²) >= 11 is 5.77. The van der Waals surface area contributed by atoms with Crippen LogP contribution in [-0.4, -0.2) is 55.2 Å². The highest BCUT2D eigenvalue weighted by Crippen LogP contribution is 2.30. The molecule has 1 N–H and O–H groups in total. The van der Waals surface area contributed by atoms with E-state index in [1.807, 2.05) is 61.2 Å². The topological polar surface area (TPSA) is 54.0 Å². The first kappa shape index (κ1) is 25.4. The Hall–Kier alpha value is -3.65. The first-order valence-corrected chi connectivity index (χ1v) is 12.4. The molecule has 1 aliphatic heterocycles. The Kier molecular flexibility index (Phi) is 8.38. The van der Waals surface area contributed by atoms with Gasteiger partial charge < -0.3 is 24.6 Å². The molecular formula is C28H30FN3O3S. The number of ether oxygens (including phenoxy) is 2. The minimum absolute atomic E-state index is 0.143. The van der Waals surface area contributed by atoms with E-state index < -0.39 is 0 Å². The third-order valence-corrected chi connectivity index (χ3v) is 6.44. The highest BCUT2D eigenvalue weighted by Gasteiger charge is 2.22. The van der Waals surface area contributed by atoms with Gasteiger partial charge in [0.05, 0.1) is 12.3 Å². The molecule has 1 aliphatic rings. The molecule has 0 radical (unpaired) electrons.